The summed E-state index contributed by atoms with van der Waals surface area (Å²) in [5, 5.41) is 2.74. The van der Waals surface area contributed by atoms with Crippen molar-refractivity contribution in [3.63, 3.8) is 0 Å². The third kappa shape index (κ3) is 6.25. The van der Waals surface area contributed by atoms with Crippen molar-refractivity contribution in [1.82, 2.24) is 10.2 Å². The zero-order valence-corrected chi connectivity index (χ0v) is 12.9. The summed E-state index contributed by atoms with van der Waals surface area (Å²) < 4.78 is 0. The number of nitrogens with two attached hydrogens (primary N) is 1. The normalized spacial score (nSPS) is 21.6. The molecule has 0 aromatic rings. The van der Waals surface area contributed by atoms with Gasteiger partial charge in [-0.15, -0.1) is 0 Å². The Morgan fingerprint density at radius 3 is 2.86 bits per heavy atom. The van der Waals surface area contributed by atoms with Crippen molar-refractivity contribution in [3.05, 3.63) is 6.42 Å². The van der Waals surface area contributed by atoms with Gasteiger partial charge in [-0.2, -0.15) is 0 Å². The fraction of sp³-hybridized carbons (Fsp3) is 0.733. The van der Waals surface area contributed by atoms with Crippen LogP contribution in [-0.2, 0) is 14.4 Å². The van der Waals surface area contributed by atoms with Crippen molar-refractivity contribution in [2.75, 3.05) is 19.6 Å². The molecule has 2 amide bonds. The number of carbonyl (C=O) groups excluding carboxylic acids is 3. The molecule has 1 unspecified atom stereocenters. The molecular formula is C15H26N3O3. The van der Waals surface area contributed by atoms with Crippen LogP contribution in [0.15, 0.2) is 0 Å². The van der Waals surface area contributed by atoms with E-state index in [2.05, 4.69) is 17.1 Å². The predicted octanol–water partition coefficient (Wildman–Crippen LogP) is 0.262. The van der Waals surface area contributed by atoms with Gasteiger partial charge in [0.05, 0.1) is 19.0 Å². The molecule has 1 aliphatic heterocycles. The van der Waals surface area contributed by atoms with Gasteiger partial charge in [-0.05, 0) is 38.8 Å². The standard InChI is InChI=1S/C15H26N3O3/c1-3-8-18-9-4-5-12(13(19)10-18)17-14(20)7-6-11(2)15(16)21/h7,11-12H,3-6,8-10H2,1-2H3,(H2,16,21)(H,17,20)/t11?,12-/m0/s1. The number of hydrogen-bond donors (Lipinski definition) is 2. The van der Waals surface area contributed by atoms with Gasteiger partial charge in [0.25, 0.3) is 0 Å². The zero-order valence-electron chi connectivity index (χ0n) is 12.9. The minimum absolute atomic E-state index is 0.0608. The monoisotopic (exact) mass is 296 g/mol. The molecule has 1 heterocycles. The highest BCUT2D eigenvalue weighted by molar-refractivity contribution is 5.93. The number of hydrogen-bond acceptors (Lipinski definition) is 4. The molecule has 1 aliphatic rings. The lowest BCUT2D eigenvalue weighted by Crippen LogP contribution is -2.43. The Bertz CT molecular complexity index is 384. The third-order valence-corrected chi connectivity index (χ3v) is 3.73. The molecule has 119 valence electrons. The van der Waals surface area contributed by atoms with E-state index < -0.39 is 11.9 Å². The number of primary amides is 1. The number of rotatable bonds is 7. The lowest BCUT2D eigenvalue weighted by atomic mass is 10.0. The molecule has 1 radical (unpaired) electrons. The molecular weight excluding hydrogens is 270 g/mol. The number of carbonyl (C=O) groups is 3. The lowest BCUT2D eigenvalue weighted by molar-refractivity contribution is -0.126. The highest BCUT2D eigenvalue weighted by Crippen LogP contribution is 2.10. The summed E-state index contributed by atoms with van der Waals surface area (Å²) in [4.78, 5) is 37.0. The van der Waals surface area contributed by atoms with Gasteiger partial charge in [0, 0.05) is 5.92 Å². The van der Waals surface area contributed by atoms with Crippen LogP contribution in [0.2, 0.25) is 0 Å². The molecule has 2 atom stereocenters. The van der Waals surface area contributed by atoms with Crippen LogP contribution >= 0.6 is 0 Å². The largest absolute Gasteiger partial charge is 0.369 e. The van der Waals surface area contributed by atoms with Crippen LogP contribution in [0.1, 0.15) is 39.5 Å². The van der Waals surface area contributed by atoms with E-state index in [1.54, 1.807) is 6.92 Å². The Morgan fingerprint density at radius 2 is 2.24 bits per heavy atom. The molecule has 1 rings (SSSR count). The maximum Gasteiger partial charge on any atom is 0.224 e. The number of nitrogens with zero attached hydrogens (tertiary/aromatic N) is 1. The molecule has 0 aromatic heterocycles. The Labute approximate surface area is 126 Å². The summed E-state index contributed by atoms with van der Waals surface area (Å²) in [5.41, 5.74) is 5.14. The van der Waals surface area contributed by atoms with Gasteiger partial charge < -0.3 is 11.1 Å². The van der Waals surface area contributed by atoms with Crippen molar-refractivity contribution in [1.29, 1.82) is 0 Å². The summed E-state index contributed by atoms with van der Waals surface area (Å²) >= 11 is 0. The van der Waals surface area contributed by atoms with Gasteiger partial charge in [0.1, 0.15) is 0 Å². The van der Waals surface area contributed by atoms with Crippen molar-refractivity contribution in [2.24, 2.45) is 11.7 Å². The Balaban J connectivity index is 2.41. The van der Waals surface area contributed by atoms with E-state index in [1.807, 2.05) is 0 Å². The van der Waals surface area contributed by atoms with Crippen LogP contribution in [0, 0.1) is 12.3 Å². The first-order valence-electron chi connectivity index (χ1n) is 7.62. The summed E-state index contributed by atoms with van der Waals surface area (Å²) in [5.74, 6) is -1.04. The molecule has 6 nitrogen and oxygen atoms in total. The van der Waals surface area contributed by atoms with Crippen LogP contribution < -0.4 is 11.1 Å². The number of Topliss-reactive ketones (excluding diaryl/α,β-unsaturated/α-hetero) is 1. The smallest absolute Gasteiger partial charge is 0.224 e. The van der Waals surface area contributed by atoms with E-state index in [4.69, 9.17) is 5.73 Å². The molecule has 6 heteroatoms. The maximum atomic E-state index is 12.1. The van der Waals surface area contributed by atoms with Gasteiger partial charge in [0.2, 0.25) is 11.8 Å². The number of nitrogens with one attached hydrogen (secondary N) is 1. The zero-order chi connectivity index (χ0) is 15.8. The van der Waals surface area contributed by atoms with Gasteiger partial charge in [-0.3, -0.25) is 19.3 Å². The van der Waals surface area contributed by atoms with Crippen LogP contribution in [0.4, 0.5) is 0 Å². The predicted molar refractivity (Wildman–Crippen MR) is 80.2 cm³/mol. The summed E-state index contributed by atoms with van der Waals surface area (Å²) in [7, 11) is 0. The van der Waals surface area contributed by atoms with Gasteiger partial charge in [0.15, 0.2) is 5.78 Å². The van der Waals surface area contributed by atoms with E-state index in [0.29, 0.717) is 19.4 Å². The van der Waals surface area contributed by atoms with E-state index in [1.165, 1.54) is 6.42 Å². The molecule has 21 heavy (non-hydrogen) atoms. The second-order valence-corrected chi connectivity index (χ2v) is 5.69. The van der Waals surface area contributed by atoms with Crippen molar-refractivity contribution < 1.29 is 14.4 Å². The second-order valence-electron chi connectivity index (χ2n) is 5.69. The first kappa shape index (κ1) is 17.6. The van der Waals surface area contributed by atoms with E-state index >= 15 is 0 Å². The molecule has 0 saturated carbocycles. The Morgan fingerprint density at radius 1 is 1.52 bits per heavy atom. The van der Waals surface area contributed by atoms with Crippen molar-refractivity contribution in [2.45, 2.75) is 45.6 Å². The number of likely N-dealkylation sites (tertiary alicyclic amines) is 1. The molecule has 1 saturated heterocycles. The fourth-order valence-corrected chi connectivity index (χ4v) is 2.38. The van der Waals surface area contributed by atoms with E-state index in [9.17, 15) is 14.4 Å². The highest BCUT2D eigenvalue weighted by Gasteiger charge is 2.25. The molecule has 3 N–H and O–H groups in total. The van der Waals surface area contributed by atoms with Gasteiger partial charge in [-0.1, -0.05) is 13.8 Å². The topological polar surface area (TPSA) is 92.5 Å². The molecule has 0 aliphatic carbocycles. The minimum atomic E-state index is -0.431. The van der Waals surface area contributed by atoms with Crippen molar-refractivity contribution >= 4 is 17.6 Å². The average Bonchev–Trinajstić information content (AvgIpc) is 2.59. The first-order chi connectivity index (χ1) is 9.93. The average molecular weight is 296 g/mol. The van der Waals surface area contributed by atoms with E-state index in [-0.39, 0.29) is 17.6 Å². The third-order valence-electron chi connectivity index (χ3n) is 3.73. The van der Waals surface area contributed by atoms with Gasteiger partial charge in [-0.25, -0.2) is 0 Å². The molecule has 1 fully saturated rings. The molecule has 0 aromatic carbocycles. The lowest BCUT2D eigenvalue weighted by Gasteiger charge is -2.18. The summed E-state index contributed by atoms with van der Waals surface area (Å²) in [6.45, 7) is 5.97. The van der Waals surface area contributed by atoms with Crippen LogP contribution in [-0.4, -0.2) is 48.2 Å². The molecule has 0 spiro atoms. The molecule has 0 bridgehead atoms. The van der Waals surface area contributed by atoms with Gasteiger partial charge >= 0.3 is 0 Å². The quantitative estimate of drug-likeness (QED) is 0.705. The second kappa shape index (κ2) is 8.77. The summed E-state index contributed by atoms with van der Waals surface area (Å²) in [6.07, 6.45) is 4.28. The minimum Gasteiger partial charge on any atom is -0.369 e. The van der Waals surface area contributed by atoms with E-state index in [0.717, 1.165) is 25.9 Å². The van der Waals surface area contributed by atoms with Crippen LogP contribution in [0.3, 0.4) is 0 Å². The first-order valence-corrected chi connectivity index (χ1v) is 7.62. The Kier molecular flexibility index (Phi) is 7.36. The van der Waals surface area contributed by atoms with Crippen molar-refractivity contribution in [3.8, 4) is 0 Å². The van der Waals surface area contributed by atoms with Crippen LogP contribution in [0.25, 0.3) is 0 Å². The highest BCUT2D eigenvalue weighted by atomic mass is 16.2. The summed E-state index contributed by atoms with van der Waals surface area (Å²) in [6, 6.07) is -0.417. The van der Waals surface area contributed by atoms with Crippen LogP contribution in [0.5, 0.6) is 0 Å². The number of amides is 2. The maximum absolute atomic E-state index is 12.1. The Hall–Kier alpha value is -1.43. The number of ketones is 1. The SMILES string of the molecule is CCCN1CCC[C@H](NC(=O)[CH]CC(C)C(N)=O)C(=O)C1. The fourth-order valence-electron chi connectivity index (χ4n) is 2.38.